The van der Waals surface area contributed by atoms with Crippen molar-refractivity contribution in [3.05, 3.63) is 53.1 Å². The summed E-state index contributed by atoms with van der Waals surface area (Å²) in [6.45, 7) is 5.98. The molecule has 1 heterocycles. The highest BCUT2D eigenvalue weighted by molar-refractivity contribution is 5.97. The van der Waals surface area contributed by atoms with Crippen LogP contribution < -0.4 is 0 Å². The average Bonchev–Trinajstić information content (AvgIpc) is 2.73. The highest BCUT2D eigenvalue weighted by Crippen LogP contribution is 2.22. The molecule has 0 fully saturated rings. The van der Waals surface area contributed by atoms with Crippen molar-refractivity contribution < 1.29 is 9.18 Å². The Morgan fingerprint density at radius 2 is 1.85 bits per heavy atom. The van der Waals surface area contributed by atoms with Gasteiger partial charge in [-0.05, 0) is 50.6 Å². The molecule has 0 unspecified atom stereocenters. The summed E-state index contributed by atoms with van der Waals surface area (Å²) in [4.78, 5) is 12.2. The van der Waals surface area contributed by atoms with Crippen LogP contribution in [0.25, 0.3) is 5.69 Å². The van der Waals surface area contributed by atoms with E-state index in [9.17, 15) is 9.18 Å². The van der Waals surface area contributed by atoms with E-state index in [-0.39, 0.29) is 11.6 Å². The predicted octanol–water partition coefficient (Wildman–Crippen LogP) is 4.61. The molecule has 1 aromatic heterocycles. The predicted molar refractivity (Wildman–Crippen MR) is 79.1 cm³/mol. The van der Waals surface area contributed by atoms with E-state index in [0.717, 1.165) is 35.5 Å². The number of nitrogens with zero attached hydrogens (tertiary/aromatic N) is 1. The van der Waals surface area contributed by atoms with Crippen LogP contribution in [0.2, 0.25) is 0 Å². The molecule has 2 aromatic rings. The lowest BCUT2D eigenvalue weighted by Crippen LogP contribution is -2.03. The van der Waals surface area contributed by atoms with E-state index >= 15 is 0 Å². The maximum absolute atomic E-state index is 13.0. The van der Waals surface area contributed by atoms with E-state index < -0.39 is 0 Å². The molecule has 0 amide bonds. The van der Waals surface area contributed by atoms with E-state index in [0.29, 0.717) is 6.42 Å². The van der Waals surface area contributed by atoms with Crippen LogP contribution >= 0.6 is 0 Å². The first kappa shape index (κ1) is 14.5. The van der Waals surface area contributed by atoms with Gasteiger partial charge >= 0.3 is 0 Å². The summed E-state index contributed by atoms with van der Waals surface area (Å²) in [5, 5.41) is 0. The van der Waals surface area contributed by atoms with Crippen molar-refractivity contribution >= 4 is 5.78 Å². The van der Waals surface area contributed by atoms with Crippen LogP contribution in [0, 0.1) is 19.7 Å². The molecule has 106 valence electrons. The lowest BCUT2D eigenvalue weighted by atomic mass is 10.1. The smallest absolute Gasteiger partial charge is 0.164 e. The number of rotatable bonds is 5. The number of unbranched alkanes of at least 4 members (excludes halogenated alkanes) is 1. The van der Waals surface area contributed by atoms with Crippen molar-refractivity contribution in [1.82, 2.24) is 4.57 Å². The molecular formula is C17H20FNO. The maximum atomic E-state index is 13.0. The van der Waals surface area contributed by atoms with Crippen molar-refractivity contribution in [3.8, 4) is 5.69 Å². The molecule has 0 saturated carbocycles. The molecule has 0 saturated heterocycles. The minimum Gasteiger partial charge on any atom is -0.318 e. The molecule has 0 aliphatic heterocycles. The second-order valence-corrected chi connectivity index (χ2v) is 5.12. The Kier molecular flexibility index (Phi) is 4.38. The first-order valence-corrected chi connectivity index (χ1v) is 7.02. The van der Waals surface area contributed by atoms with E-state index in [4.69, 9.17) is 0 Å². The molecule has 3 heteroatoms. The number of halogens is 1. The first-order valence-electron chi connectivity index (χ1n) is 7.02. The Hall–Kier alpha value is -1.90. The average molecular weight is 273 g/mol. The van der Waals surface area contributed by atoms with Crippen molar-refractivity contribution in [2.24, 2.45) is 0 Å². The number of carbonyl (C=O) groups excluding carboxylic acids is 1. The summed E-state index contributed by atoms with van der Waals surface area (Å²) in [5.41, 5.74) is 3.58. The van der Waals surface area contributed by atoms with Gasteiger partial charge in [0.2, 0.25) is 0 Å². The summed E-state index contributed by atoms with van der Waals surface area (Å²) in [6, 6.07) is 8.27. The highest BCUT2D eigenvalue weighted by Gasteiger charge is 2.16. The Morgan fingerprint density at radius 3 is 2.45 bits per heavy atom. The molecular weight excluding hydrogens is 253 g/mol. The zero-order valence-electron chi connectivity index (χ0n) is 12.2. The Bertz CT molecular complexity index is 611. The third kappa shape index (κ3) is 2.82. The molecule has 0 spiro atoms. The monoisotopic (exact) mass is 273 g/mol. The van der Waals surface area contributed by atoms with Gasteiger partial charge in [-0.25, -0.2) is 4.39 Å². The van der Waals surface area contributed by atoms with Gasteiger partial charge in [-0.15, -0.1) is 0 Å². The van der Waals surface area contributed by atoms with Crippen LogP contribution in [-0.2, 0) is 0 Å². The van der Waals surface area contributed by atoms with Crippen molar-refractivity contribution in [3.63, 3.8) is 0 Å². The Morgan fingerprint density at radius 1 is 1.20 bits per heavy atom. The van der Waals surface area contributed by atoms with E-state index in [1.807, 2.05) is 24.5 Å². The molecule has 20 heavy (non-hydrogen) atoms. The normalized spacial score (nSPS) is 10.8. The van der Waals surface area contributed by atoms with Gasteiger partial charge in [0.25, 0.3) is 0 Å². The zero-order valence-corrected chi connectivity index (χ0v) is 12.2. The molecule has 0 aliphatic carbocycles. The molecule has 1 aromatic carbocycles. The number of hydrogen-bond acceptors (Lipinski definition) is 1. The fraction of sp³-hybridized carbons (Fsp3) is 0.353. The van der Waals surface area contributed by atoms with Gasteiger partial charge in [-0.2, -0.15) is 0 Å². The van der Waals surface area contributed by atoms with Gasteiger partial charge in [-0.1, -0.05) is 13.3 Å². The molecule has 2 nitrogen and oxygen atoms in total. The SMILES string of the molecule is CCCCC(=O)c1cc(C)n(-c2ccc(F)cc2)c1C. The Labute approximate surface area is 119 Å². The number of ketones is 1. The van der Waals surface area contributed by atoms with E-state index in [2.05, 4.69) is 6.92 Å². The minimum atomic E-state index is -0.254. The van der Waals surface area contributed by atoms with Gasteiger partial charge in [0.15, 0.2) is 5.78 Å². The van der Waals surface area contributed by atoms with Gasteiger partial charge in [-0.3, -0.25) is 4.79 Å². The Balaban J connectivity index is 2.38. The zero-order chi connectivity index (χ0) is 14.7. The van der Waals surface area contributed by atoms with Crippen LogP contribution in [0.1, 0.15) is 47.9 Å². The minimum absolute atomic E-state index is 0.188. The van der Waals surface area contributed by atoms with E-state index in [1.165, 1.54) is 12.1 Å². The number of carbonyl (C=O) groups is 1. The molecule has 0 bridgehead atoms. The van der Waals surface area contributed by atoms with Crippen LogP contribution in [0.15, 0.2) is 30.3 Å². The molecule has 0 aliphatic rings. The fourth-order valence-electron chi connectivity index (χ4n) is 2.50. The topological polar surface area (TPSA) is 22.0 Å². The van der Waals surface area contributed by atoms with Crippen LogP contribution in [0.4, 0.5) is 4.39 Å². The number of aryl methyl sites for hydroxylation is 1. The van der Waals surface area contributed by atoms with E-state index in [1.54, 1.807) is 12.1 Å². The van der Waals surface area contributed by atoms with Gasteiger partial charge in [0.05, 0.1) is 0 Å². The van der Waals surface area contributed by atoms with Gasteiger partial charge in [0, 0.05) is 29.1 Å². The van der Waals surface area contributed by atoms with Gasteiger partial charge < -0.3 is 4.57 Å². The third-order valence-corrected chi connectivity index (χ3v) is 3.57. The summed E-state index contributed by atoms with van der Waals surface area (Å²) >= 11 is 0. The summed E-state index contributed by atoms with van der Waals surface area (Å²) < 4.78 is 15.0. The van der Waals surface area contributed by atoms with Crippen molar-refractivity contribution in [1.29, 1.82) is 0 Å². The highest BCUT2D eigenvalue weighted by atomic mass is 19.1. The van der Waals surface area contributed by atoms with Crippen molar-refractivity contribution in [2.45, 2.75) is 40.0 Å². The second-order valence-electron chi connectivity index (χ2n) is 5.12. The number of benzene rings is 1. The molecule has 0 N–H and O–H groups in total. The van der Waals surface area contributed by atoms with Crippen LogP contribution in [-0.4, -0.2) is 10.4 Å². The maximum Gasteiger partial charge on any atom is 0.164 e. The summed E-state index contributed by atoms with van der Waals surface area (Å²) in [7, 11) is 0. The lowest BCUT2D eigenvalue weighted by molar-refractivity contribution is 0.0979. The molecule has 0 radical (unpaired) electrons. The standard InChI is InChI=1S/C17H20FNO/c1-4-5-6-17(20)16-11-12(2)19(13(16)3)15-9-7-14(18)8-10-15/h7-11H,4-6H2,1-3H3. The fourth-order valence-corrected chi connectivity index (χ4v) is 2.50. The quantitative estimate of drug-likeness (QED) is 0.729. The number of Topliss-reactive ketones (excluding diaryl/α,β-unsaturated/α-hetero) is 1. The first-order chi connectivity index (χ1) is 9.54. The number of hydrogen-bond donors (Lipinski definition) is 0. The summed E-state index contributed by atoms with van der Waals surface area (Å²) in [5.74, 6) is -0.0660. The third-order valence-electron chi connectivity index (χ3n) is 3.57. The van der Waals surface area contributed by atoms with Gasteiger partial charge in [0.1, 0.15) is 5.82 Å². The largest absolute Gasteiger partial charge is 0.318 e. The molecule has 0 atom stereocenters. The number of aromatic nitrogens is 1. The van der Waals surface area contributed by atoms with Crippen LogP contribution in [0.3, 0.4) is 0 Å². The lowest BCUT2D eigenvalue weighted by Gasteiger charge is -2.09. The van der Waals surface area contributed by atoms with Crippen LogP contribution in [0.5, 0.6) is 0 Å². The molecule has 2 rings (SSSR count). The second kappa shape index (κ2) is 6.04. The van der Waals surface area contributed by atoms with Crippen molar-refractivity contribution in [2.75, 3.05) is 0 Å². The summed E-state index contributed by atoms with van der Waals surface area (Å²) in [6.07, 6.45) is 2.52.